The molecule has 0 unspecified atom stereocenters. The Hall–Kier alpha value is -1.66. The summed E-state index contributed by atoms with van der Waals surface area (Å²) in [6.45, 7) is 2.84. The monoisotopic (exact) mass is 277 g/mol. The smallest absolute Gasteiger partial charge is 0.242 e. The van der Waals surface area contributed by atoms with E-state index in [0.717, 1.165) is 11.0 Å². The lowest BCUT2D eigenvalue weighted by molar-refractivity contribution is -0.135. The van der Waals surface area contributed by atoms with E-state index in [9.17, 15) is 4.79 Å². The number of imidazole rings is 1. The van der Waals surface area contributed by atoms with Gasteiger partial charge in [-0.25, -0.2) is 0 Å². The fraction of sp³-hybridized carbons (Fsp3) is 0.385. The molecule has 100 valence electrons. The fourth-order valence-corrected chi connectivity index (χ4v) is 2.58. The molecule has 0 saturated carbocycles. The largest absolute Gasteiger partial charge is 0.378 e. The number of aromatic nitrogens is 2. The maximum absolute atomic E-state index is 12.3. The fourth-order valence-electron chi connectivity index (χ4n) is 2.31. The molecule has 0 aliphatic carbocycles. The Morgan fingerprint density at radius 1 is 1.32 bits per heavy atom. The van der Waals surface area contributed by atoms with Gasteiger partial charge >= 0.3 is 0 Å². The van der Waals surface area contributed by atoms with Gasteiger partial charge in [0.25, 0.3) is 0 Å². The van der Waals surface area contributed by atoms with E-state index >= 15 is 0 Å². The molecule has 1 aromatic carbocycles. The molecule has 6 heteroatoms. The third-order valence-electron chi connectivity index (χ3n) is 3.34. The minimum atomic E-state index is 0.0872. The summed E-state index contributed by atoms with van der Waals surface area (Å²) in [6.07, 6.45) is 0. The molecule has 0 bridgehead atoms. The molecule has 1 saturated heterocycles. The predicted molar refractivity (Wildman–Crippen MR) is 74.5 cm³/mol. The number of hydrogen-bond acceptors (Lipinski definition) is 3. The molecule has 1 aromatic heterocycles. The van der Waals surface area contributed by atoms with E-state index in [1.54, 1.807) is 0 Å². The minimum Gasteiger partial charge on any atom is -0.378 e. The van der Waals surface area contributed by atoms with Gasteiger partial charge in [0, 0.05) is 13.1 Å². The number of ether oxygens (including phenoxy) is 1. The molecular formula is C13H15N3O2S. The Balaban J connectivity index is 1.86. The second-order valence-corrected chi connectivity index (χ2v) is 4.91. The number of nitrogens with zero attached hydrogens (tertiary/aromatic N) is 2. The summed E-state index contributed by atoms with van der Waals surface area (Å²) in [7, 11) is 0. The first kappa shape index (κ1) is 12.4. The summed E-state index contributed by atoms with van der Waals surface area (Å²) in [6, 6.07) is 7.82. The van der Waals surface area contributed by atoms with Gasteiger partial charge < -0.3 is 19.2 Å². The van der Waals surface area contributed by atoms with Crippen molar-refractivity contribution in [1.29, 1.82) is 0 Å². The Kier molecular flexibility index (Phi) is 3.35. The predicted octanol–water partition coefficient (Wildman–Crippen LogP) is 1.56. The Morgan fingerprint density at radius 3 is 2.84 bits per heavy atom. The summed E-state index contributed by atoms with van der Waals surface area (Å²) in [5.74, 6) is 0.0872. The summed E-state index contributed by atoms with van der Waals surface area (Å²) in [4.78, 5) is 17.2. The number of fused-ring (bicyclic) bond motifs is 1. The van der Waals surface area contributed by atoms with Crippen molar-refractivity contribution in [2.75, 3.05) is 26.3 Å². The molecule has 3 rings (SSSR count). The van der Waals surface area contributed by atoms with Gasteiger partial charge in [0.1, 0.15) is 6.54 Å². The number of nitrogens with one attached hydrogen (secondary N) is 1. The van der Waals surface area contributed by atoms with Crippen LogP contribution in [-0.2, 0) is 16.1 Å². The van der Waals surface area contributed by atoms with Crippen LogP contribution in [0.4, 0.5) is 0 Å². The molecule has 2 heterocycles. The lowest BCUT2D eigenvalue weighted by Crippen LogP contribution is -2.42. The lowest BCUT2D eigenvalue weighted by atomic mass is 10.3. The molecule has 1 fully saturated rings. The third kappa shape index (κ3) is 2.41. The van der Waals surface area contributed by atoms with E-state index in [-0.39, 0.29) is 12.5 Å². The van der Waals surface area contributed by atoms with Gasteiger partial charge in [-0.15, -0.1) is 0 Å². The van der Waals surface area contributed by atoms with Crippen molar-refractivity contribution in [3.05, 3.63) is 29.0 Å². The molecule has 1 N–H and O–H groups in total. The van der Waals surface area contributed by atoms with E-state index in [0.29, 0.717) is 31.1 Å². The van der Waals surface area contributed by atoms with Gasteiger partial charge in [-0.05, 0) is 24.4 Å². The Morgan fingerprint density at radius 2 is 2.05 bits per heavy atom. The number of para-hydroxylation sites is 2. The zero-order valence-electron chi connectivity index (χ0n) is 10.5. The second kappa shape index (κ2) is 5.14. The zero-order chi connectivity index (χ0) is 13.2. The molecule has 2 aromatic rings. The van der Waals surface area contributed by atoms with E-state index in [1.165, 1.54) is 0 Å². The van der Waals surface area contributed by atoms with Crippen LogP contribution in [-0.4, -0.2) is 46.7 Å². The van der Waals surface area contributed by atoms with Crippen LogP contribution < -0.4 is 0 Å². The van der Waals surface area contributed by atoms with Gasteiger partial charge in [0.05, 0.1) is 24.2 Å². The molecular weight excluding hydrogens is 262 g/mol. The SMILES string of the molecule is O=C(Cn1c(=S)[nH]c2ccccc21)N1CCOCC1. The second-order valence-electron chi connectivity index (χ2n) is 4.53. The number of rotatable bonds is 2. The lowest BCUT2D eigenvalue weighted by Gasteiger charge is -2.27. The molecule has 5 nitrogen and oxygen atoms in total. The van der Waals surface area contributed by atoms with Crippen LogP contribution in [0, 0.1) is 4.77 Å². The highest BCUT2D eigenvalue weighted by Crippen LogP contribution is 2.14. The van der Waals surface area contributed by atoms with Crippen LogP contribution in [0.1, 0.15) is 0 Å². The standard InChI is InChI=1S/C13H15N3O2S/c17-12(15-5-7-18-8-6-15)9-16-11-4-2-1-3-10(11)14-13(16)19/h1-4H,5-9H2,(H,14,19). The van der Waals surface area contributed by atoms with Crippen LogP contribution in [0.15, 0.2) is 24.3 Å². The van der Waals surface area contributed by atoms with Gasteiger partial charge in [-0.1, -0.05) is 12.1 Å². The first-order valence-electron chi connectivity index (χ1n) is 6.29. The summed E-state index contributed by atoms with van der Waals surface area (Å²) in [5, 5.41) is 0. The number of aromatic amines is 1. The maximum Gasteiger partial charge on any atom is 0.242 e. The van der Waals surface area contributed by atoms with Crippen molar-refractivity contribution in [1.82, 2.24) is 14.5 Å². The number of amides is 1. The number of morpholine rings is 1. The molecule has 0 radical (unpaired) electrons. The first-order valence-corrected chi connectivity index (χ1v) is 6.69. The van der Waals surface area contributed by atoms with Gasteiger partial charge in [-0.3, -0.25) is 4.79 Å². The normalized spacial score (nSPS) is 15.9. The molecule has 0 spiro atoms. The number of benzene rings is 1. The number of H-pyrrole nitrogens is 1. The van der Waals surface area contributed by atoms with Crippen molar-refractivity contribution < 1.29 is 9.53 Å². The van der Waals surface area contributed by atoms with Crippen molar-refractivity contribution in [2.45, 2.75) is 6.54 Å². The van der Waals surface area contributed by atoms with E-state index in [1.807, 2.05) is 33.7 Å². The zero-order valence-corrected chi connectivity index (χ0v) is 11.3. The molecule has 19 heavy (non-hydrogen) atoms. The molecule has 1 aliphatic heterocycles. The highest BCUT2D eigenvalue weighted by Gasteiger charge is 2.18. The van der Waals surface area contributed by atoms with Crippen molar-refractivity contribution in [3.8, 4) is 0 Å². The summed E-state index contributed by atoms with van der Waals surface area (Å²) in [5.41, 5.74) is 1.93. The van der Waals surface area contributed by atoms with Crippen LogP contribution in [0.2, 0.25) is 0 Å². The van der Waals surface area contributed by atoms with Crippen molar-refractivity contribution >= 4 is 29.2 Å². The molecule has 0 atom stereocenters. The Labute approximate surface area is 115 Å². The summed E-state index contributed by atoms with van der Waals surface area (Å²) >= 11 is 5.28. The van der Waals surface area contributed by atoms with Crippen molar-refractivity contribution in [3.63, 3.8) is 0 Å². The van der Waals surface area contributed by atoms with Crippen LogP contribution in [0.5, 0.6) is 0 Å². The van der Waals surface area contributed by atoms with Crippen molar-refractivity contribution in [2.24, 2.45) is 0 Å². The highest BCUT2D eigenvalue weighted by atomic mass is 32.1. The average molecular weight is 277 g/mol. The summed E-state index contributed by atoms with van der Waals surface area (Å²) < 4.78 is 7.69. The number of carbonyl (C=O) groups is 1. The topological polar surface area (TPSA) is 50.3 Å². The number of carbonyl (C=O) groups excluding carboxylic acids is 1. The van der Waals surface area contributed by atoms with Gasteiger partial charge in [0.15, 0.2) is 4.77 Å². The quantitative estimate of drug-likeness (QED) is 0.848. The molecule has 1 amide bonds. The van der Waals surface area contributed by atoms with E-state index < -0.39 is 0 Å². The van der Waals surface area contributed by atoms with E-state index in [2.05, 4.69) is 4.98 Å². The van der Waals surface area contributed by atoms with Gasteiger partial charge in [-0.2, -0.15) is 0 Å². The Bertz CT molecular complexity index is 655. The highest BCUT2D eigenvalue weighted by molar-refractivity contribution is 7.71. The number of hydrogen-bond donors (Lipinski definition) is 1. The van der Waals surface area contributed by atoms with Crippen LogP contribution >= 0.6 is 12.2 Å². The maximum atomic E-state index is 12.3. The van der Waals surface area contributed by atoms with E-state index in [4.69, 9.17) is 17.0 Å². The molecule has 1 aliphatic rings. The average Bonchev–Trinajstić information content (AvgIpc) is 2.76. The van der Waals surface area contributed by atoms with Gasteiger partial charge in [0.2, 0.25) is 5.91 Å². The minimum absolute atomic E-state index is 0.0872. The van der Waals surface area contributed by atoms with Crippen LogP contribution in [0.3, 0.4) is 0 Å². The third-order valence-corrected chi connectivity index (χ3v) is 3.66. The van der Waals surface area contributed by atoms with Crippen LogP contribution in [0.25, 0.3) is 11.0 Å². The first-order chi connectivity index (χ1) is 9.25.